The third-order valence-electron chi connectivity index (χ3n) is 4.47. The number of esters is 1. The number of hydrogen-bond acceptors (Lipinski definition) is 7. The number of amides is 1. The van der Waals surface area contributed by atoms with Crippen LogP contribution in [0.5, 0.6) is 0 Å². The molecule has 1 N–H and O–H groups in total. The molecule has 160 valence electrons. The van der Waals surface area contributed by atoms with Crippen molar-refractivity contribution in [2.24, 2.45) is 0 Å². The molecule has 8 nitrogen and oxygen atoms in total. The SMILES string of the molecule is O=C(COC(=O)c1cc(-c2cccs2)nc2ccccc12)Nc1ccc(Cl)cc1[N+](=O)[O-]. The number of carbonyl (C=O) groups excluding carboxylic acids is 2. The van der Waals surface area contributed by atoms with Crippen molar-refractivity contribution in [2.45, 2.75) is 0 Å². The Kier molecular flexibility index (Phi) is 6.11. The number of hydrogen-bond donors (Lipinski definition) is 1. The van der Waals surface area contributed by atoms with E-state index in [1.165, 1.54) is 23.5 Å². The molecule has 0 aliphatic heterocycles. The highest BCUT2D eigenvalue weighted by Gasteiger charge is 2.19. The fourth-order valence-electron chi connectivity index (χ4n) is 3.05. The summed E-state index contributed by atoms with van der Waals surface area (Å²) in [6.07, 6.45) is 0. The summed E-state index contributed by atoms with van der Waals surface area (Å²) in [6.45, 7) is -0.621. The highest BCUT2D eigenvalue weighted by Crippen LogP contribution is 2.29. The highest BCUT2D eigenvalue weighted by molar-refractivity contribution is 7.13. The monoisotopic (exact) mass is 467 g/mol. The topological polar surface area (TPSA) is 111 Å². The average molecular weight is 468 g/mol. The maximum absolute atomic E-state index is 12.8. The number of ether oxygens (including phenoxy) is 1. The summed E-state index contributed by atoms with van der Waals surface area (Å²) in [4.78, 5) is 41.1. The Morgan fingerprint density at radius 2 is 1.94 bits per heavy atom. The molecule has 10 heteroatoms. The molecule has 0 bridgehead atoms. The molecule has 0 spiro atoms. The minimum Gasteiger partial charge on any atom is -0.452 e. The summed E-state index contributed by atoms with van der Waals surface area (Å²) in [7, 11) is 0. The standard InChI is InChI=1S/C22H14ClN3O5S/c23-13-7-8-17(19(10-13)26(29)30)25-21(27)12-31-22(28)15-11-18(20-6-3-9-32-20)24-16-5-2-1-4-14(15)16/h1-11H,12H2,(H,25,27). The van der Waals surface area contributed by atoms with Crippen molar-refractivity contribution < 1.29 is 19.2 Å². The Morgan fingerprint density at radius 1 is 1.12 bits per heavy atom. The maximum atomic E-state index is 12.8. The molecular weight excluding hydrogens is 454 g/mol. The van der Waals surface area contributed by atoms with Gasteiger partial charge in [-0.25, -0.2) is 9.78 Å². The average Bonchev–Trinajstić information content (AvgIpc) is 3.33. The van der Waals surface area contributed by atoms with Gasteiger partial charge in [0.2, 0.25) is 0 Å². The molecule has 1 amide bonds. The summed E-state index contributed by atoms with van der Waals surface area (Å²) < 4.78 is 5.20. The first-order chi connectivity index (χ1) is 15.4. The lowest BCUT2D eigenvalue weighted by Gasteiger charge is -2.10. The predicted molar refractivity (Wildman–Crippen MR) is 122 cm³/mol. The van der Waals surface area contributed by atoms with Crippen LogP contribution in [0, 0.1) is 10.1 Å². The molecule has 0 aliphatic carbocycles. The van der Waals surface area contributed by atoms with E-state index in [0.29, 0.717) is 16.6 Å². The molecule has 32 heavy (non-hydrogen) atoms. The van der Waals surface area contributed by atoms with Gasteiger partial charge in [-0.05, 0) is 35.7 Å². The number of fused-ring (bicyclic) bond motifs is 1. The molecular formula is C22H14ClN3O5S. The second-order valence-electron chi connectivity index (χ2n) is 6.59. The number of para-hydroxylation sites is 1. The van der Waals surface area contributed by atoms with Crippen LogP contribution in [0.1, 0.15) is 10.4 Å². The van der Waals surface area contributed by atoms with Crippen LogP contribution in [0.15, 0.2) is 66.0 Å². The highest BCUT2D eigenvalue weighted by atomic mass is 35.5. The van der Waals surface area contributed by atoms with E-state index in [0.717, 1.165) is 10.9 Å². The van der Waals surface area contributed by atoms with E-state index in [1.807, 2.05) is 23.6 Å². The summed E-state index contributed by atoms with van der Waals surface area (Å²) in [6, 6.07) is 16.4. The first-order valence-electron chi connectivity index (χ1n) is 9.27. The number of nitrogens with zero attached hydrogens (tertiary/aromatic N) is 2. The van der Waals surface area contributed by atoms with Crippen LogP contribution < -0.4 is 5.32 Å². The fourth-order valence-corrected chi connectivity index (χ4v) is 3.90. The van der Waals surface area contributed by atoms with E-state index >= 15 is 0 Å². The van der Waals surface area contributed by atoms with Crippen LogP contribution >= 0.6 is 22.9 Å². The van der Waals surface area contributed by atoms with Crippen molar-refractivity contribution in [2.75, 3.05) is 11.9 Å². The summed E-state index contributed by atoms with van der Waals surface area (Å²) in [5.41, 5.74) is 1.09. The van der Waals surface area contributed by atoms with Crippen molar-refractivity contribution in [1.29, 1.82) is 0 Å². The van der Waals surface area contributed by atoms with Gasteiger partial charge in [0.1, 0.15) is 5.69 Å². The first kappa shape index (κ1) is 21.4. The third-order valence-corrected chi connectivity index (χ3v) is 5.60. The van der Waals surface area contributed by atoms with Crippen LogP contribution in [0.25, 0.3) is 21.5 Å². The van der Waals surface area contributed by atoms with E-state index in [2.05, 4.69) is 10.3 Å². The maximum Gasteiger partial charge on any atom is 0.339 e. The second kappa shape index (κ2) is 9.13. The number of anilines is 1. The molecule has 0 atom stereocenters. The van der Waals surface area contributed by atoms with Gasteiger partial charge in [0, 0.05) is 16.5 Å². The fraction of sp³-hybridized carbons (Fsp3) is 0.0455. The largest absolute Gasteiger partial charge is 0.452 e. The lowest BCUT2D eigenvalue weighted by Crippen LogP contribution is -2.21. The van der Waals surface area contributed by atoms with Crippen LogP contribution in [0.2, 0.25) is 5.02 Å². The molecule has 2 aromatic heterocycles. The van der Waals surface area contributed by atoms with Gasteiger partial charge in [-0.3, -0.25) is 14.9 Å². The van der Waals surface area contributed by atoms with Crippen molar-refractivity contribution in [3.8, 4) is 10.6 Å². The Balaban J connectivity index is 1.53. The molecule has 0 saturated heterocycles. The number of nitro groups is 1. The van der Waals surface area contributed by atoms with Gasteiger partial charge in [-0.15, -0.1) is 11.3 Å². The predicted octanol–water partition coefficient (Wildman–Crippen LogP) is 5.32. The smallest absolute Gasteiger partial charge is 0.339 e. The second-order valence-corrected chi connectivity index (χ2v) is 7.98. The Hall–Kier alpha value is -3.82. The quantitative estimate of drug-likeness (QED) is 0.233. The van der Waals surface area contributed by atoms with Gasteiger partial charge in [-0.2, -0.15) is 0 Å². The van der Waals surface area contributed by atoms with Gasteiger partial charge < -0.3 is 10.1 Å². The molecule has 0 unspecified atom stereocenters. The van der Waals surface area contributed by atoms with Crippen molar-refractivity contribution in [3.05, 3.63) is 86.7 Å². The molecule has 2 aromatic carbocycles. The van der Waals surface area contributed by atoms with E-state index in [4.69, 9.17) is 16.3 Å². The zero-order chi connectivity index (χ0) is 22.7. The number of nitro benzene ring substituents is 1. The Bertz CT molecular complexity index is 1340. The van der Waals surface area contributed by atoms with E-state index in [-0.39, 0.29) is 22.0 Å². The molecule has 2 heterocycles. The molecule has 0 radical (unpaired) electrons. The van der Waals surface area contributed by atoms with Crippen LogP contribution in [0.4, 0.5) is 11.4 Å². The summed E-state index contributed by atoms with van der Waals surface area (Å²) in [5, 5.41) is 16.2. The summed E-state index contributed by atoms with van der Waals surface area (Å²) in [5.74, 6) is -1.43. The number of rotatable bonds is 6. The minimum absolute atomic E-state index is 0.0465. The zero-order valence-corrected chi connectivity index (χ0v) is 17.9. The van der Waals surface area contributed by atoms with Gasteiger partial charge in [0.05, 0.1) is 26.6 Å². The van der Waals surface area contributed by atoms with Crippen molar-refractivity contribution in [3.63, 3.8) is 0 Å². The normalized spacial score (nSPS) is 10.7. The number of thiophene rings is 1. The van der Waals surface area contributed by atoms with Gasteiger partial charge in [-0.1, -0.05) is 35.9 Å². The van der Waals surface area contributed by atoms with Gasteiger partial charge in [0.15, 0.2) is 6.61 Å². The molecule has 4 rings (SSSR count). The third kappa shape index (κ3) is 4.58. The van der Waals surface area contributed by atoms with Crippen LogP contribution in [-0.2, 0) is 9.53 Å². The van der Waals surface area contributed by atoms with Gasteiger partial charge in [0.25, 0.3) is 11.6 Å². The van der Waals surface area contributed by atoms with Crippen LogP contribution in [0.3, 0.4) is 0 Å². The van der Waals surface area contributed by atoms with E-state index < -0.39 is 23.4 Å². The molecule has 0 saturated carbocycles. The number of pyridine rings is 1. The Morgan fingerprint density at radius 3 is 2.69 bits per heavy atom. The van der Waals surface area contributed by atoms with Crippen molar-refractivity contribution >= 4 is 57.1 Å². The Labute approximate surface area is 190 Å². The zero-order valence-electron chi connectivity index (χ0n) is 16.3. The van der Waals surface area contributed by atoms with Crippen LogP contribution in [-0.4, -0.2) is 28.4 Å². The van der Waals surface area contributed by atoms with Crippen molar-refractivity contribution in [1.82, 2.24) is 4.98 Å². The minimum atomic E-state index is -0.722. The number of nitrogens with one attached hydrogen (secondary N) is 1. The van der Waals surface area contributed by atoms with Gasteiger partial charge >= 0.3 is 5.97 Å². The number of aromatic nitrogens is 1. The van der Waals surface area contributed by atoms with E-state index in [9.17, 15) is 19.7 Å². The molecule has 0 fully saturated rings. The summed E-state index contributed by atoms with van der Waals surface area (Å²) >= 11 is 7.26. The molecule has 0 aliphatic rings. The first-order valence-corrected chi connectivity index (χ1v) is 10.5. The molecule has 4 aromatic rings. The number of carbonyl (C=O) groups is 2. The lowest BCUT2D eigenvalue weighted by atomic mass is 10.1. The van der Waals surface area contributed by atoms with E-state index in [1.54, 1.807) is 24.3 Å². The number of halogens is 1. The number of benzene rings is 2. The lowest BCUT2D eigenvalue weighted by molar-refractivity contribution is -0.383.